The highest BCUT2D eigenvalue weighted by atomic mass is 19.4. The Labute approximate surface area is 146 Å². The third-order valence-electron chi connectivity index (χ3n) is 3.33. The van der Waals surface area contributed by atoms with Crippen molar-refractivity contribution in [2.75, 3.05) is 12.4 Å². The van der Waals surface area contributed by atoms with Gasteiger partial charge in [-0.3, -0.25) is 9.59 Å². The zero-order valence-corrected chi connectivity index (χ0v) is 13.5. The summed E-state index contributed by atoms with van der Waals surface area (Å²) in [6.07, 6.45) is -2.56. The predicted molar refractivity (Wildman–Crippen MR) is 89.2 cm³/mol. The Morgan fingerprint density at radius 2 is 1.85 bits per heavy atom. The molecule has 0 aliphatic heterocycles. The highest BCUT2D eigenvalue weighted by molar-refractivity contribution is 6.12. The third kappa shape index (κ3) is 4.62. The first-order valence-corrected chi connectivity index (χ1v) is 7.29. The van der Waals surface area contributed by atoms with Gasteiger partial charge in [0.2, 0.25) is 0 Å². The largest absolute Gasteiger partial charge is 0.504 e. The van der Waals surface area contributed by atoms with E-state index < -0.39 is 17.9 Å². The van der Waals surface area contributed by atoms with Crippen LogP contribution >= 0.6 is 0 Å². The summed E-state index contributed by atoms with van der Waals surface area (Å²) in [7, 11) is 1.39. The van der Waals surface area contributed by atoms with E-state index in [-0.39, 0.29) is 22.7 Å². The second-order valence-corrected chi connectivity index (χ2v) is 5.13. The molecule has 0 heterocycles. The molecule has 1 amide bonds. The molecular formula is C18H14F3NO4. The van der Waals surface area contributed by atoms with E-state index in [0.29, 0.717) is 5.56 Å². The number of rotatable bonds is 5. The molecule has 0 aromatic heterocycles. The summed E-state index contributed by atoms with van der Waals surface area (Å²) < 4.78 is 42.1. The molecule has 0 unspecified atom stereocenters. The molecule has 0 saturated heterocycles. The number of alkyl halides is 3. The maximum absolute atomic E-state index is 12.4. The van der Waals surface area contributed by atoms with E-state index in [1.165, 1.54) is 49.6 Å². The number of phenols is 1. The summed E-state index contributed by atoms with van der Waals surface area (Å²) in [5, 5.41) is 11.4. The van der Waals surface area contributed by atoms with Crippen LogP contribution in [0.1, 0.15) is 15.9 Å². The molecular weight excluding hydrogens is 351 g/mol. The molecule has 0 radical (unpaired) electrons. The number of hydrogen-bond acceptors (Lipinski definition) is 4. The number of amides is 1. The first kappa shape index (κ1) is 19.0. The summed E-state index contributed by atoms with van der Waals surface area (Å²) >= 11 is 0. The van der Waals surface area contributed by atoms with Gasteiger partial charge in [-0.05, 0) is 35.9 Å². The van der Waals surface area contributed by atoms with Crippen molar-refractivity contribution in [3.63, 3.8) is 0 Å². The number of benzene rings is 2. The number of anilines is 1. The summed E-state index contributed by atoms with van der Waals surface area (Å²) in [4.78, 5) is 23.4. The van der Waals surface area contributed by atoms with Crippen LogP contribution in [0.25, 0.3) is 6.08 Å². The SMILES string of the molecule is COc1ccc(/C=C/C(=O)c2ccccc2NC(=O)C(F)(F)F)cc1O. The van der Waals surface area contributed by atoms with Crippen LogP contribution in [0.5, 0.6) is 11.5 Å². The van der Waals surface area contributed by atoms with E-state index in [9.17, 15) is 27.9 Å². The summed E-state index contributed by atoms with van der Waals surface area (Å²) in [5.74, 6) is -2.64. The molecule has 26 heavy (non-hydrogen) atoms. The topological polar surface area (TPSA) is 75.6 Å². The molecule has 136 valence electrons. The van der Waals surface area contributed by atoms with Crippen molar-refractivity contribution in [3.8, 4) is 11.5 Å². The fraction of sp³-hybridized carbons (Fsp3) is 0.111. The van der Waals surface area contributed by atoms with E-state index >= 15 is 0 Å². The lowest BCUT2D eigenvalue weighted by Gasteiger charge is -2.10. The average Bonchev–Trinajstić information content (AvgIpc) is 2.59. The number of allylic oxidation sites excluding steroid dienone is 1. The lowest BCUT2D eigenvalue weighted by Crippen LogP contribution is -2.30. The number of aromatic hydroxyl groups is 1. The Bertz CT molecular complexity index is 860. The van der Waals surface area contributed by atoms with Crippen molar-refractivity contribution in [1.29, 1.82) is 0 Å². The summed E-state index contributed by atoms with van der Waals surface area (Å²) in [6, 6.07) is 9.79. The number of carbonyl (C=O) groups excluding carboxylic acids is 2. The molecule has 2 aromatic carbocycles. The molecule has 5 nitrogen and oxygen atoms in total. The number of ether oxygens (including phenoxy) is 1. The van der Waals surface area contributed by atoms with Crippen molar-refractivity contribution < 1.29 is 32.6 Å². The zero-order valence-electron chi connectivity index (χ0n) is 13.5. The molecule has 0 spiro atoms. The van der Waals surface area contributed by atoms with Crippen LogP contribution in [0.3, 0.4) is 0 Å². The molecule has 0 saturated carbocycles. The number of phenolic OH excluding ortho intramolecular Hbond substituents is 1. The van der Waals surface area contributed by atoms with E-state index in [2.05, 4.69) is 0 Å². The van der Waals surface area contributed by atoms with Crippen molar-refractivity contribution >= 4 is 23.5 Å². The average molecular weight is 365 g/mol. The molecule has 2 aromatic rings. The molecule has 0 aliphatic carbocycles. The Hall–Kier alpha value is -3.29. The van der Waals surface area contributed by atoms with Crippen LogP contribution in [-0.2, 0) is 4.79 Å². The minimum atomic E-state index is -5.06. The molecule has 2 N–H and O–H groups in total. The van der Waals surface area contributed by atoms with Gasteiger partial charge in [0.25, 0.3) is 0 Å². The van der Waals surface area contributed by atoms with Gasteiger partial charge in [0, 0.05) is 5.56 Å². The number of nitrogens with one attached hydrogen (secondary N) is 1. The number of halogens is 3. The Kier molecular flexibility index (Phi) is 5.66. The van der Waals surface area contributed by atoms with E-state index in [4.69, 9.17) is 4.74 Å². The Morgan fingerprint density at radius 1 is 1.15 bits per heavy atom. The quantitative estimate of drug-likeness (QED) is 0.624. The zero-order chi connectivity index (χ0) is 19.3. The fourth-order valence-electron chi connectivity index (χ4n) is 2.07. The highest BCUT2D eigenvalue weighted by Crippen LogP contribution is 2.27. The van der Waals surface area contributed by atoms with Crippen LogP contribution in [0.2, 0.25) is 0 Å². The van der Waals surface area contributed by atoms with Crippen LogP contribution in [0.4, 0.5) is 18.9 Å². The minimum Gasteiger partial charge on any atom is -0.504 e. The maximum atomic E-state index is 12.4. The van der Waals surface area contributed by atoms with E-state index in [0.717, 1.165) is 6.08 Å². The smallest absolute Gasteiger partial charge is 0.471 e. The van der Waals surface area contributed by atoms with Crippen molar-refractivity contribution in [2.45, 2.75) is 6.18 Å². The van der Waals surface area contributed by atoms with Gasteiger partial charge in [-0.25, -0.2) is 0 Å². The number of carbonyl (C=O) groups is 2. The van der Waals surface area contributed by atoms with Gasteiger partial charge in [0.15, 0.2) is 17.3 Å². The van der Waals surface area contributed by atoms with E-state index in [1.807, 2.05) is 0 Å². The van der Waals surface area contributed by atoms with Crippen molar-refractivity contribution in [1.82, 2.24) is 0 Å². The standard InChI is InChI=1S/C18H14F3NO4/c1-26-16-9-7-11(10-15(16)24)6-8-14(23)12-4-2-3-5-13(12)22-17(25)18(19,20)21/h2-10,24H,1H3,(H,22,25)/b8-6+. The molecule has 0 atom stereocenters. The van der Waals surface area contributed by atoms with Gasteiger partial charge in [0.1, 0.15) is 0 Å². The van der Waals surface area contributed by atoms with Crippen LogP contribution in [-0.4, -0.2) is 30.1 Å². The van der Waals surface area contributed by atoms with Gasteiger partial charge in [-0.1, -0.05) is 24.3 Å². The predicted octanol–water partition coefficient (Wildman–Crippen LogP) is 3.80. The second kappa shape index (κ2) is 7.73. The summed E-state index contributed by atoms with van der Waals surface area (Å²) in [5.41, 5.74) is 0.134. The Morgan fingerprint density at radius 3 is 2.46 bits per heavy atom. The second-order valence-electron chi connectivity index (χ2n) is 5.13. The molecule has 0 bridgehead atoms. The normalized spacial score (nSPS) is 11.4. The first-order valence-electron chi connectivity index (χ1n) is 7.29. The molecule has 8 heteroatoms. The van der Waals surface area contributed by atoms with Crippen LogP contribution < -0.4 is 10.1 Å². The first-order chi connectivity index (χ1) is 12.2. The van der Waals surface area contributed by atoms with Gasteiger partial charge < -0.3 is 15.2 Å². The lowest BCUT2D eigenvalue weighted by atomic mass is 10.1. The third-order valence-corrected chi connectivity index (χ3v) is 3.33. The van der Waals surface area contributed by atoms with Gasteiger partial charge in [-0.2, -0.15) is 13.2 Å². The van der Waals surface area contributed by atoms with Gasteiger partial charge in [0.05, 0.1) is 12.8 Å². The van der Waals surface area contributed by atoms with Gasteiger partial charge in [-0.15, -0.1) is 0 Å². The summed E-state index contributed by atoms with van der Waals surface area (Å²) in [6.45, 7) is 0. The number of ketones is 1. The molecule has 0 fully saturated rings. The maximum Gasteiger partial charge on any atom is 0.471 e. The number of hydrogen-bond donors (Lipinski definition) is 2. The van der Waals surface area contributed by atoms with Crippen LogP contribution in [0.15, 0.2) is 48.5 Å². The number of methoxy groups -OCH3 is 1. The van der Waals surface area contributed by atoms with Crippen molar-refractivity contribution in [2.24, 2.45) is 0 Å². The molecule has 2 rings (SSSR count). The monoisotopic (exact) mass is 365 g/mol. The fourth-order valence-corrected chi connectivity index (χ4v) is 2.07. The lowest BCUT2D eigenvalue weighted by molar-refractivity contribution is -0.167. The highest BCUT2D eigenvalue weighted by Gasteiger charge is 2.39. The number of para-hydroxylation sites is 1. The van der Waals surface area contributed by atoms with Crippen molar-refractivity contribution in [3.05, 3.63) is 59.7 Å². The van der Waals surface area contributed by atoms with E-state index in [1.54, 1.807) is 11.4 Å². The Balaban J connectivity index is 2.22. The van der Waals surface area contributed by atoms with Crippen LogP contribution in [0, 0.1) is 0 Å². The minimum absolute atomic E-state index is 0.0981. The molecule has 0 aliphatic rings. The van der Waals surface area contributed by atoms with Gasteiger partial charge >= 0.3 is 12.1 Å².